The maximum atomic E-state index is 12.4. The van der Waals surface area contributed by atoms with Gasteiger partial charge in [-0.2, -0.15) is 13.2 Å². The highest BCUT2D eigenvalue weighted by atomic mass is 19.4. The van der Waals surface area contributed by atoms with E-state index in [4.69, 9.17) is 4.74 Å². The smallest absolute Gasteiger partial charge is 0.471 e. The first-order chi connectivity index (χ1) is 10.9. The van der Waals surface area contributed by atoms with Gasteiger partial charge in [-0.1, -0.05) is 30.3 Å². The van der Waals surface area contributed by atoms with Crippen molar-refractivity contribution in [2.75, 3.05) is 6.61 Å². The Balaban J connectivity index is 2.03. The third kappa shape index (κ3) is 5.61. The van der Waals surface area contributed by atoms with Gasteiger partial charge in [-0.05, 0) is 24.1 Å². The first-order valence-corrected chi connectivity index (χ1v) is 6.89. The van der Waals surface area contributed by atoms with Gasteiger partial charge in [-0.3, -0.25) is 9.78 Å². The van der Waals surface area contributed by atoms with E-state index in [1.54, 1.807) is 48.7 Å². The fourth-order valence-electron chi connectivity index (χ4n) is 1.95. The lowest BCUT2D eigenvalue weighted by molar-refractivity contribution is -0.174. The molecular weight excluding hydrogens is 309 g/mol. The molecule has 0 fully saturated rings. The van der Waals surface area contributed by atoms with Crippen LogP contribution in [0.4, 0.5) is 13.2 Å². The molecule has 1 atom stereocenters. The predicted octanol–water partition coefficient (Wildman–Crippen LogP) is 2.75. The topological polar surface area (TPSA) is 51.2 Å². The van der Waals surface area contributed by atoms with E-state index in [0.717, 1.165) is 5.56 Å². The monoisotopic (exact) mass is 324 g/mol. The number of halogens is 3. The molecule has 0 aliphatic rings. The first-order valence-electron chi connectivity index (χ1n) is 6.89. The molecule has 2 aromatic rings. The van der Waals surface area contributed by atoms with Gasteiger partial charge < -0.3 is 10.1 Å². The summed E-state index contributed by atoms with van der Waals surface area (Å²) in [6.07, 6.45) is -1.70. The number of amides is 1. The van der Waals surface area contributed by atoms with Gasteiger partial charge in [0.05, 0.1) is 12.2 Å². The highest BCUT2D eigenvalue weighted by Crippen LogP contribution is 2.16. The maximum absolute atomic E-state index is 12.4. The Morgan fingerprint density at radius 1 is 1.17 bits per heavy atom. The minimum Gasteiger partial charge on any atom is -0.490 e. The number of ether oxygens (including phenoxy) is 1. The van der Waals surface area contributed by atoms with E-state index >= 15 is 0 Å². The van der Waals surface area contributed by atoms with E-state index in [-0.39, 0.29) is 13.0 Å². The Kier molecular flexibility index (Phi) is 5.56. The fraction of sp³-hybridized carbons (Fsp3) is 0.250. The Labute approximate surface area is 131 Å². The van der Waals surface area contributed by atoms with E-state index in [9.17, 15) is 18.0 Å². The second kappa shape index (κ2) is 7.62. The van der Waals surface area contributed by atoms with Gasteiger partial charge in [0, 0.05) is 6.20 Å². The standard InChI is InChI=1S/C16H15F3N2O2/c17-16(18,19)15(22)21-13(9-12-5-2-1-3-6-12)11-23-14-7-4-8-20-10-14/h1-8,10,13H,9,11H2,(H,21,22)/t13-/m0/s1. The molecule has 2 rings (SSSR count). The molecule has 0 bridgehead atoms. The lowest BCUT2D eigenvalue weighted by Gasteiger charge is -2.20. The summed E-state index contributed by atoms with van der Waals surface area (Å²) in [4.78, 5) is 15.0. The Hall–Kier alpha value is -2.57. The minimum absolute atomic E-state index is 0.0948. The molecule has 0 aliphatic heterocycles. The molecular formula is C16H15F3N2O2. The van der Waals surface area contributed by atoms with Crippen molar-refractivity contribution in [3.63, 3.8) is 0 Å². The van der Waals surface area contributed by atoms with Gasteiger partial charge in [0.1, 0.15) is 12.4 Å². The number of pyridine rings is 1. The Morgan fingerprint density at radius 3 is 2.52 bits per heavy atom. The van der Waals surface area contributed by atoms with Crippen LogP contribution in [0.5, 0.6) is 5.75 Å². The molecule has 1 heterocycles. The zero-order chi connectivity index (χ0) is 16.7. The van der Waals surface area contributed by atoms with E-state index in [0.29, 0.717) is 5.75 Å². The summed E-state index contributed by atoms with van der Waals surface area (Å²) in [6.45, 7) is -0.0948. The molecule has 4 nitrogen and oxygen atoms in total. The molecule has 1 aromatic carbocycles. The van der Waals surface area contributed by atoms with Crippen molar-refractivity contribution in [1.29, 1.82) is 0 Å². The highest BCUT2D eigenvalue weighted by Gasteiger charge is 2.39. The number of hydrogen-bond donors (Lipinski definition) is 1. The van der Waals surface area contributed by atoms with Crippen LogP contribution in [0.1, 0.15) is 5.56 Å². The van der Waals surface area contributed by atoms with Gasteiger partial charge in [-0.15, -0.1) is 0 Å². The number of aromatic nitrogens is 1. The average molecular weight is 324 g/mol. The molecule has 7 heteroatoms. The van der Waals surface area contributed by atoms with Gasteiger partial charge in [0.25, 0.3) is 0 Å². The van der Waals surface area contributed by atoms with Crippen LogP contribution < -0.4 is 10.1 Å². The van der Waals surface area contributed by atoms with Crippen LogP contribution in [0.25, 0.3) is 0 Å². The van der Waals surface area contributed by atoms with Crippen molar-refractivity contribution < 1.29 is 22.7 Å². The van der Waals surface area contributed by atoms with E-state index in [1.807, 2.05) is 5.32 Å². The summed E-state index contributed by atoms with van der Waals surface area (Å²) in [6, 6.07) is 11.4. The van der Waals surface area contributed by atoms with Crippen LogP contribution in [0.2, 0.25) is 0 Å². The molecule has 1 amide bonds. The van der Waals surface area contributed by atoms with Crippen molar-refractivity contribution in [3.8, 4) is 5.75 Å². The van der Waals surface area contributed by atoms with Crippen molar-refractivity contribution in [2.45, 2.75) is 18.6 Å². The first kappa shape index (κ1) is 16.8. The molecule has 0 saturated carbocycles. The highest BCUT2D eigenvalue weighted by molar-refractivity contribution is 5.82. The van der Waals surface area contributed by atoms with Crippen LogP contribution in [0.15, 0.2) is 54.9 Å². The van der Waals surface area contributed by atoms with Crippen molar-refractivity contribution in [1.82, 2.24) is 10.3 Å². The molecule has 0 spiro atoms. The Bertz CT molecular complexity index is 618. The molecule has 0 radical (unpaired) electrons. The SMILES string of the molecule is O=C(N[C@H](COc1cccnc1)Cc1ccccc1)C(F)(F)F. The predicted molar refractivity (Wildman–Crippen MR) is 77.9 cm³/mol. The fourth-order valence-corrected chi connectivity index (χ4v) is 1.95. The normalized spacial score (nSPS) is 12.5. The zero-order valence-corrected chi connectivity index (χ0v) is 12.1. The number of benzene rings is 1. The van der Waals surface area contributed by atoms with Crippen molar-refractivity contribution >= 4 is 5.91 Å². The van der Waals surface area contributed by atoms with Crippen LogP contribution in [0.3, 0.4) is 0 Å². The van der Waals surface area contributed by atoms with Crippen LogP contribution in [-0.2, 0) is 11.2 Å². The molecule has 0 aliphatic carbocycles. The second-order valence-electron chi connectivity index (χ2n) is 4.86. The van der Waals surface area contributed by atoms with Crippen molar-refractivity contribution in [3.05, 3.63) is 60.4 Å². The van der Waals surface area contributed by atoms with Crippen LogP contribution >= 0.6 is 0 Å². The number of hydrogen-bond acceptors (Lipinski definition) is 3. The number of carbonyl (C=O) groups excluding carboxylic acids is 1. The third-order valence-electron chi connectivity index (χ3n) is 3.00. The summed E-state index contributed by atoms with van der Waals surface area (Å²) in [5.41, 5.74) is 0.801. The van der Waals surface area contributed by atoms with Gasteiger partial charge in [0.2, 0.25) is 0 Å². The summed E-state index contributed by atoms with van der Waals surface area (Å²) in [5.74, 6) is -1.56. The molecule has 1 aromatic heterocycles. The minimum atomic E-state index is -4.93. The average Bonchev–Trinajstić information content (AvgIpc) is 2.53. The summed E-state index contributed by atoms with van der Waals surface area (Å²) in [5, 5.41) is 1.97. The number of alkyl halides is 3. The van der Waals surface area contributed by atoms with Gasteiger partial charge in [-0.25, -0.2) is 0 Å². The Morgan fingerprint density at radius 2 is 1.91 bits per heavy atom. The van der Waals surface area contributed by atoms with Crippen LogP contribution in [0, 0.1) is 0 Å². The summed E-state index contributed by atoms with van der Waals surface area (Å²) < 4.78 is 42.8. The lowest BCUT2D eigenvalue weighted by atomic mass is 10.1. The molecule has 122 valence electrons. The zero-order valence-electron chi connectivity index (χ0n) is 12.1. The van der Waals surface area contributed by atoms with E-state index in [2.05, 4.69) is 4.98 Å². The second-order valence-corrected chi connectivity index (χ2v) is 4.86. The largest absolute Gasteiger partial charge is 0.490 e. The van der Waals surface area contributed by atoms with Gasteiger partial charge >= 0.3 is 12.1 Å². The number of carbonyl (C=O) groups is 1. The maximum Gasteiger partial charge on any atom is 0.471 e. The van der Waals surface area contributed by atoms with Gasteiger partial charge in [0.15, 0.2) is 0 Å². The van der Waals surface area contributed by atoms with E-state index < -0.39 is 18.1 Å². The number of nitrogens with zero attached hydrogens (tertiary/aromatic N) is 1. The quantitative estimate of drug-likeness (QED) is 0.889. The summed E-state index contributed by atoms with van der Waals surface area (Å²) in [7, 11) is 0. The molecule has 0 saturated heterocycles. The van der Waals surface area contributed by atoms with Crippen molar-refractivity contribution in [2.24, 2.45) is 0 Å². The summed E-state index contributed by atoms with van der Waals surface area (Å²) >= 11 is 0. The number of nitrogens with one attached hydrogen (secondary N) is 1. The number of rotatable bonds is 6. The molecule has 23 heavy (non-hydrogen) atoms. The molecule has 0 unspecified atom stereocenters. The molecule has 1 N–H and O–H groups in total. The lowest BCUT2D eigenvalue weighted by Crippen LogP contribution is -2.46. The van der Waals surface area contributed by atoms with E-state index in [1.165, 1.54) is 6.20 Å². The van der Waals surface area contributed by atoms with Crippen LogP contribution in [-0.4, -0.2) is 29.7 Å². The third-order valence-corrected chi connectivity index (χ3v) is 3.00.